The van der Waals surface area contributed by atoms with Crippen molar-refractivity contribution in [1.29, 1.82) is 0 Å². The van der Waals surface area contributed by atoms with Crippen LogP contribution in [0.15, 0.2) is 42.7 Å². The van der Waals surface area contributed by atoms with Crippen molar-refractivity contribution in [1.82, 2.24) is 4.98 Å². The second-order valence-corrected chi connectivity index (χ2v) is 3.86. The Morgan fingerprint density at radius 1 is 1.15 bits per heavy atom. The van der Waals surface area contributed by atoms with Crippen molar-refractivity contribution in [3.8, 4) is 0 Å². The van der Waals surface area contributed by atoms with E-state index in [0.29, 0.717) is 6.07 Å². The van der Waals surface area contributed by atoms with Crippen LogP contribution in [0.4, 0.5) is 23.2 Å². The summed E-state index contributed by atoms with van der Waals surface area (Å²) in [5, 5.41) is 2.27. The van der Waals surface area contributed by atoms with E-state index in [1.165, 1.54) is 24.5 Å². The maximum absolute atomic E-state index is 13.7. The predicted molar refractivity (Wildman–Crippen MR) is 63.6 cm³/mol. The minimum Gasteiger partial charge on any atom is -0.320 e. The first kappa shape index (κ1) is 14.0. The van der Waals surface area contributed by atoms with Crippen molar-refractivity contribution in [2.45, 2.75) is 6.18 Å². The summed E-state index contributed by atoms with van der Waals surface area (Å²) in [4.78, 5) is 15.5. The number of benzene rings is 1. The highest BCUT2D eigenvalue weighted by atomic mass is 19.4. The van der Waals surface area contributed by atoms with Gasteiger partial charge in [-0.3, -0.25) is 9.78 Å². The van der Waals surface area contributed by atoms with Gasteiger partial charge in [0, 0.05) is 6.20 Å². The fraction of sp³-hybridized carbons (Fsp3) is 0.0769. The lowest BCUT2D eigenvalue weighted by atomic mass is 10.1. The van der Waals surface area contributed by atoms with Crippen molar-refractivity contribution in [2.75, 3.05) is 5.32 Å². The van der Waals surface area contributed by atoms with Crippen LogP contribution in [0, 0.1) is 5.82 Å². The van der Waals surface area contributed by atoms with Crippen molar-refractivity contribution < 1.29 is 22.4 Å². The summed E-state index contributed by atoms with van der Waals surface area (Å²) in [6.45, 7) is 0. The van der Waals surface area contributed by atoms with Crippen molar-refractivity contribution >= 4 is 11.6 Å². The maximum Gasteiger partial charge on any atom is 0.419 e. The van der Waals surface area contributed by atoms with Crippen LogP contribution in [0.2, 0.25) is 0 Å². The molecular weight excluding hydrogens is 276 g/mol. The van der Waals surface area contributed by atoms with Crippen molar-refractivity contribution in [2.24, 2.45) is 0 Å². The molecule has 2 aromatic rings. The lowest BCUT2D eigenvalue weighted by molar-refractivity contribution is -0.140. The summed E-state index contributed by atoms with van der Waals surface area (Å²) >= 11 is 0. The number of nitrogens with zero attached hydrogens (tertiary/aromatic N) is 1. The Hall–Kier alpha value is -2.44. The highest BCUT2D eigenvalue weighted by Gasteiger charge is 2.35. The Labute approximate surface area is 111 Å². The largest absolute Gasteiger partial charge is 0.419 e. The molecule has 0 unspecified atom stereocenters. The minimum atomic E-state index is -4.85. The Bertz CT molecular complexity index is 626. The Morgan fingerprint density at radius 3 is 2.50 bits per heavy atom. The van der Waals surface area contributed by atoms with Crippen LogP contribution >= 0.6 is 0 Å². The molecule has 2 rings (SSSR count). The molecule has 1 aromatic carbocycles. The molecule has 0 spiro atoms. The number of alkyl halides is 3. The summed E-state index contributed by atoms with van der Waals surface area (Å²) in [6.07, 6.45) is -2.10. The van der Waals surface area contributed by atoms with Gasteiger partial charge in [0.2, 0.25) is 0 Å². The van der Waals surface area contributed by atoms with E-state index < -0.39 is 29.0 Å². The first-order valence-corrected chi connectivity index (χ1v) is 5.46. The number of hydrogen-bond acceptors (Lipinski definition) is 2. The number of pyridine rings is 1. The van der Waals surface area contributed by atoms with E-state index >= 15 is 0 Å². The molecule has 1 amide bonds. The van der Waals surface area contributed by atoms with E-state index in [0.717, 1.165) is 12.1 Å². The fourth-order valence-corrected chi connectivity index (χ4v) is 1.56. The lowest BCUT2D eigenvalue weighted by Crippen LogP contribution is -2.17. The molecule has 0 fully saturated rings. The average molecular weight is 284 g/mol. The fourth-order valence-electron chi connectivity index (χ4n) is 1.56. The first-order valence-electron chi connectivity index (χ1n) is 5.46. The minimum absolute atomic E-state index is 0.259. The van der Waals surface area contributed by atoms with Crippen LogP contribution in [-0.4, -0.2) is 10.9 Å². The molecule has 7 heteroatoms. The van der Waals surface area contributed by atoms with Crippen LogP contribution in [0.25, 0.3) is 0 Å². The number of anilines is 1. The van der Waals surface area contributed by atoms with E-state index in [4.69, 9.17) is 0 Å². The summed E-state index contributed by atoms with van der Waals surface area (Å²) in [6, 6.07) is 5.55. The Morgan fingerprint density at radius 2 is 1.90 bits per heavy atom. The Balaban J connectivity index is 2.32. The second-order valence-electron chi connectivity index (χ2n) is 3.86. The van der Waals surface area contributed by atoms with E-state index in [1.807, 2.05) is 0 Å². The molecule has 1 heterocycles. The topological polar surface area (TPSA) is 42.0 Å². The third kappa shape index (κ3) is 2.93. The summed E-state index contributed by atoms with van der Waals surface area (Å²) in [5.41, 5.74) is -1.89. The lowest BCUT2D eigenvalue weighted by Gasteiger charge is -2.11. The molecule has 1 aromatic heterocycles. The van der Waals surface area contributed by atoms with Crippen LogP contribution in [0.3, 0.4) is 0 Å². The van der Waals surface area contributed by atoms with Gasteiger partial charge in [0.05, 0.1) is 23.0 Å². The molecule has 20 heavy (non-hydrogen) atoms. The van der Waals surface area contributed by atoms with Gasteiger partial charge in [0.25, 0.3) is 5.91 Å². The number of halogens is 4. The van der Waals surface area contributed by atoms with E-state index in [9.17, 15) is 22.4 Å². The van der Waals surface area contributed by atoms with E-state index in [-0.39, 0.29) is 5.69 Å². The first-order chi connectivity index (χ1) is 9.39. The molecule has 0 aliphatic rings. The van der Waals surface area contributed by atoms with Crippen LogP contribution in [0.1, 0.15) is 15.9 Å². The molecule has 104 valence electrons. The molecule has 0 atom stereocenters. The normalized spacial score (nSPS) is 11.2. The molecule has 1 N–H and O–H groups in total. The molecular formula is C13H8F4N2O. The molecule has 0 saturated carbocycles. The SMILES string of the molecule is O=C(Nc1cccnc1)c1cccc(C(F)(F)F)c1F. The van der Waals surface area contributed by atoms with Gasteiger partial charge < -0.3 is 5.32 Å². The quantitative estimate of drug-likeness (QED) is 0.858. The van der Waals surface area contributed by atoms with Gasteiger partial charge in [-0.2, -0.15) is 13.2 Å². The smallest absolute Gasteiger partial charge is 0.320 e. The number of carbonyl (C=O) groups is 1. The highest BCUT2D eigenvalue weighted by molar-refractivity contribution is 6.04. The summed E-state index contributed by atoms with van der Waals surface area (Å²) in [7, 11) is 0. The van der Waals surface area contributed by atoms with Gasteiger partial charge >= 0.3 is 6.18 Å². The number of hydrogen-bond donors (Lipinski definition) is 1. The van der Waals surface area contributed by atoms with E-state index in [1.54, 1.807) is 0 Å². The molecule has 0 radical (unpaired) electrons. The highest BCUT2D eigenvalue weighted by Crippen LogP contribution is 2.32. The van der Waals surface area contributed by atoms with Crippen molar-refractivity contribution in [3.05, 3.63) is 59.7 Å². The number of amides is 1. The molecule has 0 aliphatic carbocycles. The maximum atomic E-state index is 13.7. The van der Waals surface area contributed by atoms with Gasteiger partial charge in [-0.25, -0.2) is 4.39 Å². The second kappa shape index (κ2) is 5.28. The standard InChI is InChI=1S/C13H8F4N2O/c14-11-9(4-1-5-10(11)13(15,16)17)12(20)19-8-3-2-6-18-7-8/h1-7H,(H,19,20). The number of carbonyl (C=O) groups excluding carboxylic acids is 1. The number of aromatic nitrogens is 1. The Kier molecular flexibility index (Phi) is 3.69. The molecule has 0 bridgehead atoms. The zero-order valence-electron chi connectivity index (χ0n) is 9.91. The van der Waals surface area contributed by atoms with Crippen LogP contribution in [0.5, 0.6) is 0 Å². The number of rotatable bonds is 2. The van der Waals surface area contributed by atoms with Gasteiger partial charge in [-0.05, 0) is 24.3 Å². The third-order valence-electron chi connectivity index (χ3n) is 2.47. The molecule has 3 nitrogen and oxygen atoms in total. The summed E-state index contributed by atoms with van der Waals surface area (Å²) < 4.78 is 51.3. The number of nitrogens with one attached hydrogen (secondary N) is 1. The van der Waals surface area contributed by atoms with Crippen LogP contribution in [-0.2, 0) is 6.18 Å². The average Bonchev–Trinajstić information content (AvgIpc) is 2.38. The third-order valence-corrected chi connectivity index (χ3v) is 2.47. The van der Waals surface area contributed by atoms with Gasteiger partial charge in [0.15, 0.2) is 0 Å². The van der Waals surface area contributed by atoms with Crippen LogP contribution < -0.4 is 5.32 Å². The molecule has 0 aliphatic heterocycles. The summed E-state index contributed by atoms with van der Waals surface area (Å²) in [5.74, 6) is -2.57. The van der Waals surface area contributed by atoms with Gasteiger partial charge in [-0.1, -0.05) is 6.07 Å². The zero-order chi connectivity index (χ0) is 14.8. The zero-order valence-corrected chi connectivity index (χ0v) is 9.91. The van der Waals surface area contributed by atoms with Gasteiger partial charge in [0.1, 0.15) is 5.82 Å². The molecule has 0 saturated heterocycles. The monoisotopic (exact) mass is 284 g/mol. The predicted octanol–water partition coefficient (Wildman–Crippen LogP) is 3.49. The van der Waals surface area contributed by atoms with E-state index in [2.05, 4.69) is 10.3 Å². The van der Waals surface area contributed by atoms with Gasteiger partial charge in [-0.15, -0.1) is 0 Å². The van der Waals surface area contributed by atoms with Crippen molar-refractivity contribution in [3.63, 3.8) is 0 Å².